The zero-order valence-electron chi connectivity index (χ0n) is 11.9. The van der Waals surface area contributed by atoms with Gasteiger partial charge < -0.3 is 10.6 Å². The molecular formula is C15H24N2OS. The Balaban J connectivity index is 2.00. The molecule has 0 bridgehead atoms. The lowest BCUT2D eigenvalue weighted by atomic mass is 9.66. The minimum absolute atomic E-state index is 0.0969. The van der Waals surface area contributed by atoms with Crippen molar-refractivity contribution in [1.82, 2.24) is 4.90 Å². The molecule has 0 radical (unpaired) electrons. The summed E-state index contributed by atoms with van der Waals surface area (Å²) < 4.78 is 0. The van der Waals surface area contributed by atoms with Crippen LogP contribution in [0.5, 0.6) is 0 Å². The molecule has 1 amide bonds. The Morgan fingerprint density at radius 3 is 2.68 bits per heavy atom. The molecule has 1 saturated carbocycles. The first kappa shape index (κ1) is 14.5. The van der Waals surface area contributed by atoms with Gasteiger partial charge in [0.15, 0.2) is 0 Å². The van der Waals surface area contributed by atoms with Crippen LogP contribution >= 0.6 is 11.3 Å². The Bertz CT molecular complexity index is 404. The van der Waals surface area contributed by atoms with Crippen molar-refractivity contribution < 1.29 is 4.79 Å². The molecule has 1 aromatic rings. The van der Waals surface area contributed by atoms with E-state index in [1.165, 1.54) is 11.3 Å². The molecule has 0 atom stereocenters. The van der Waals surface area contributed by atoms with Gasteiger partial charge in [0.1, 0.15) is 0 Å². The van der Waals surface area contributed by atoms with Crippen molar-refractivity contribution in [2.24, 2.45) is 11.1 Å². The van der Waals surface area contributed by atoms with Gasteiger partial charge in [-0.1, -0.05) is 12.5 Å². The van der Waals surface area contributed by atoms with Crippen LogP contribution < -0.4 is 5.73 Å². The van der Waals surface area contributed by atoms with Gasteiger partial charge in [0.25, 0.3) is 0 Å². The minimum atomic E-state index is 0.0969. The van der Waals surface area contributed by atoms with E-state index in [2.05, 4.69) is 25.3 Å². The van der Waals surface area contributed by atoms with Crippen molar-refractivity contribution in [2.45, 2.75) is 52.1 Å². The van der Waals surface area contributed by atoms with Crippen LogP contribution in [0, 0.1) is 5.41 Å². The van der Waals surface area contributed by atoms with Crippen molar-refractivity contribution in [3.63, 3.8) is 0 Å². The van der Waals surface area contributed by atoms with Crippen LogP contribution in [0.4, 0.5) is 0 Å². The quantitative estimate of drug-likeness (QED) is 0.870. The average molecular weight is 280 g/mol. The van der Waals surface area contributed by atoms with Gasteiger partial charge in [0, 0.05) is 17.3 Å². The molecule has 3 nitrogen and oxygen atoms in total. The van der Waals surface area contributed by atoms with Crippen LogP contribution in [-0.2, 0) is 11.3 Å². The highest BCUT2D eigenvalue weighted by atomic mass is 32.1. The number of hydrogen-bond acceptors (Lipinski definition) is 3. The maximum Gasteiger partial charge on any atom is 0.223 e. The number of carbonyl (C=O) groups is 1. The van der Waals surface area contributed by atoms with Gasteiger partial charge in [-0.15, -0.1) is 11.3 Å². The summed E-state index contributed by atoms with van der Waals surface area (Å²) in [7, 11) is 0. The van der Waals surface area contributed by atoms with E-state index < -0.39 is 0 Å². The van der Waals surface area contributed by atoms with E-state index in [1.807, 2.05) is 11.0 Å². The highest BCUT2D eigenvalue weighted by molar-refractivity contribution is 7.09. The predicted octanol–water partition coefficient (Wildman–Crippen LogP) is 3.00. The molecule has 1 aromatic heterocycles. The third-order valence-corrected chi connectivity index (χ3v) is 5.08. The van der Waals surface area contributed by atoms with Crippen LogP contribution in [0.25, 0.3) is 0 Å². The number of carbonyl (C=O) groups excluding carboxylic acids is 1. The topological polar surface area (TPSA) is 46.3 Å². The van der Waals surface area contributed by atoms with Gasteiger partial charge in [-0.3, -0.25) is 4.79 Å². The van der Waals surface area contributed by atoms with Crippen molar-refractivity contribution >= 4 is 17.2 Å². The highest BCUT2D eigenvalue weighted by Gasteiger charge is 2.38. The Labute approximate surface area is 119 Å². The number of nitrogens with two attached hydrogens (primary N) is 1. The Morgan fingerprint density at radius 2 is 2.26 bits per heavy atom. The first-order valence-corrected chi connectivity index (χ1v) is 7.96. The van der Waals surface area contributed by atoms with Crippen LogP contribution in [0.3, 0.4) is 0 Å². The lowest BCUT2D eigenvalue weighted by molar-refractivity contribution is -0.137. The molecule has 1 aliphatic carbocycles. The van der Waals surface area contributed by atoms with Gasteiger partial charge in [-0.05, 0) is 50.1 Å². The summed E-state index contributed by atoms with van der Waals surface area (Å²) in [4.78, 5) is 15.8. The third-order valence-electron chi connectivity index (χ3n) is 4.22. The second-order valence-corrected chi connectivity index (χ2v) is 6.96. The zero-order valence-corrected chi connectivity index (χ0v) is 12.7. The van der Waals surface area contributed by atoms with Crippen LogP contribution in [0.2, 0.25) is 0 Å². The van der Waals surface area contributed by atoms with E-state index >= 15 is 0 Å². The fourth-order valence-electron chi connectivity index (χ4n) is 2.68. The molecule has 4 heteroatoms. The van der Waals surface area contributed by atoms with E-state index in [0.29, 0.717) is 13.0 Å². The molecule has 0 spiro atoms. The molecule has 0 aliphatic heterocycles. The van der Waals surface area contributed by atoms with Crippen molar-refractivity contribution in [3.8, 4) is 0 Å². The predicted molar refractivity (Wildman–Crippen MR) is 80.0 cm³/mol. The molecule has 19 heavy (non-hydrogen) atoms. The van der Waals surface area contributed by atoms with E-state index in [4.69, 9.17) is 5.73 Å². The van der Waals surface area contributed by atoms with E-state index in [9.17, 15) is 4.79 Å². The number of rotatable bonds is 6. The van der Waals surface area contributed by atoms with E-state index in [1.54, 1.807) is 11.3 Å². The summed E-state index contributed by atoms with van der Waals surface area (Å²) in [6, 6.07) is 4.37. The molecule has 106 valence electrons. The maximum absolute atomic E-state index is 12.6. The Morgan fingerprint density at radius 1 is 1.53 bits per heavy atom. The highest BCUT2D eigenvalue weighted by Crippen LogP contribution is 2.43. The summed E-state index contributed by atoms with van der Waals surface area (Å²) in [5, 5.41) is 2.06. The van der Waals surface area contributed by atoms with Gasteiger partial charge in [-0.25, -0.2) is 0 Å². The molecule has 0 aromatic carbocycles. The van der Waals surface area contributed by atoms with E-state index in [-0.39, 0.29) is 17.4 Å². The monoisotopic (exact) mass is 280 g/mol. The van der Waals surface area contributed by atoms with Gasteiger partial charge in [-0.2, -0.15) is 0 Å². The van der Waals surface area contributed by atoms with Gasteiger partial charge in [0.2, 0.25) is 5.91 Å². The summed E-state index contributed by atoms with van der Waals surface area (Å²) in [6.45, 7) is 5.54. The zero-order chi connectivity index (χ0) is 13.9. The van der Waals surface area contributed by atoms with Crippen LogP contribution in [-0.4, -0.2) is 23.4 Å². The first-order chi connectivity index (χ1) is 9.06. The molecular weight excluding hydrogens is 256 g/mol. The number of hydrogen-bond donors (Lipinski definition) is 1. The van der Waals surface area contributed by atoms with Crippen molar-refractivity contribution in [1.29, 1.82) is 0 Å². The lowest BCUT2D eigenvalue weighted by Crippen LogP contribution is -2.44. The fourth-order valence-corrected chi connectivity index (χ4v) is 3.38. The van der Waals surface area contributed by atoms with E-state index in [0.717, 1.165) is 19.4 Å². The molecule has 0 unspecified atom stereocenters. The molecule has 1 heterocycles. The Hall–Kier alpha value is -0.870. The normalized spacial score (nSPS) is 17.3. The second-order valence-electron chi connectivity index (χ2n) is 5.93. The first-order valence-electron chi connectivity index (χ1n) is 7.08. The fraction of sp³-hybridized carbons (Fsp3) is 0.667. The molecule has 2 N–H and O–H groups in total. The minimum Gasteiger partial charge on any atom is -0.335 e. The molecule has 1 fully saturated rings. The maximum atomic E-state index is 12.6. The van der Waals surface area contributed by atoms with Crippen molar-refractivity contribution in [3.05, 3.63) is 22.4 Å². The Kier molecular flexibility index (Phi) is 4.63. The smallest absolute Gasteiger partial charge is 0.223 e. The second kappa shape index (κ2) is 6.06. The number of thiophene rings is 1. The van der Waals surface area contributed by atoms with Crippen LogP contribution in [0.15, 0.2) is 17.5 Å². The lowest BCUT2D eigenvalue weighted by Gasteiger charge is -2.42. The standard InChI is InChI=1S/C15H24N2OS/c1-12(2)17(10-13-5-3-8-19-13)14(18)9-15(11-16)6-4-7-15/h3,5,8,12H,4,6-7,9-11,16H2,1-2H3. The largest absolute Gasteiger partial charge is 0.335 e. The summed E-state index contributed by atoms with van der Waals surface area (Å²) in [6.07, 6.45) is 4.06. The summed E-state index contributed by atoms with van der Waals surface area (Å²) in [5.41, 5.74) is 5.96. The summed E-state index contributed by atoms with van der Waals surface area (Å²) >= 11 is 1.71. The van der Waals surface area contributed by atoms with Gasteiger partial charge in [0.05, 0.1) is 6.54 Å². The third kappa shape index (κ3) is 3.37. The number of nitrogens with zero attached hydrogens (tertiary/aromatic N) is 1. The van der Waals surface area contributed by atoms with Crippen molar-refractivity contribution in [2.75, 3.05) is 6.54 Å². The molecule has 2 rings (SSSR count). The summed E-state index contributed by atoms with van der Waals surface area (Å²) in [5.74, 6) is 0.258. The SMILES string of the molecule is CC(C)N(Cc1cccs1)C(=O)CC1(CN)CCC1. The average Bonchev–Trinajstić information content (AvgIpc) is 2.83. The number of amides is 1. The van der Waals surface area contributed by atoms with Gasteiger partial charge >= 0.3 is 0 Å². The molecule has 0 saturated heterocycles. The molecule has 1 aliphatic rings. The van der Waals surface area contributed by atoms with Crippen LogP contribution in [0.1, 0.15) is 44.4 Å².